The van der Waals surface area contributed by atoms with Gasteiger partial charge in [-0.05, 0) is 54.4 Å². The Bertz CT molecular complexity index is 1210. The van der Waals surface area contributed by atoms with Gasteiger partial charge >= 0.3 is 77.0 Å². The fourth-order valence-corrected chi connectivity index (χ4v) is 51.0. The second-order valence-corrected chi connectivity index (χ2v) is 46.8. The van der Waals surface area contributed by atoms with Crippen molar-refractivity contribution in [1.82, 2.24) is 0 Å². The van der Waals surface area contributed by atoms with E-state index in [0.29, 0.717) is 0 Å². The van der Waals surface area contributed by atoms with Crippen LogP contribution in [0.25, 0.3) is 0 Å². The molecule has 0 saturated carbocycles. The molecule has 3 rings (SSSR count). The van der Waals surface area contributed by atoms with Crippen molar-refractivity contribution in [1.29, 1.82) is 0 Å². The van der Waals surface area contributed by atoms with E-state index in [1.807, 2.05) is 53.8 Å². The zero-order chi connectivity index (χ0) is 42.1. The molecule has 0 bridgehead atoms. The van der Waals surface area contributed by atoms with Gasteiger partial charge in [0.1, 0.15) is 0 Å². The van der Waals surface area contributed by atoms with E-state index in [0.717, 1.165) is 18.1 Å². The van der Waals surface area contributed by atoms with Crippen molar-refractivity contribution in [3.05, 3.63) is 111 Å². The van der Waals surface area contributed by atoms with Crippen molar-refractivity contribution in [2.75, 3.05) is 0 Å². The van der Waals surface area contributed by atoms with Crippen LogP contribution in [0.1, 0.15) is 62.3 Å². The molecule has 306 valence electrons. The first kappa shape index (κ1) is 51.3. The minimum absolute atomic E-state index is 0.273. The lowest BCUT2D eigenvalue weighted by molar-refractivity contribution is 0.217. The Morgan fingerprint density at radius 2 is 0.537 bits per heavy atom. The Balaban J connectivity index is 0.000000411. The van der Waals surface area contributed by atoms with Gasteiger partial charge in [-0.15, -0.1) is 59.2 Å². The maximum atomic E-state index is 6.57. The topological polar surface area (TPSA) is 83.1 Å². The van der Waals surface area contributed by atoms with Crippen LogP contribution in [0.2, 0.25) is 54.4 Å². The SMILES string of the molecule is C=C[Si]1(C(C)C)O[Si](C=C)(C(C)C)O[Si](C=C)(C(C)C)O1.C=C[Si]1(C)O[Si](C)(C=C)O[Si](C)(C=C)O1.C=C[Si]1(CC)O[Si](C=C)(CC)O[Si](C=C)(CC)O1. The molecule has 0 aromatic carbocycles. The smallest absolute Gasteiger partial charge is 0.349 e. The lowest BCUT2D eigenvalue weighted by Gasteiger charge is -2.54. The summed E-state index contributed by atoms with van der Waals surface area (Å²) in [6.45, 7) is 60.3. The number of rotatable bonds is 15. The summed E-state index contributed by atoms with van der Waals surface area (Å²) in [5.41, 5.74) is 17.6. The molecule has 3 aliphatic heterocycles. The van der Waals surface area contributed by atoms with Crippen molar-refractivity contribution in [3.8, 4) is 0 Å². The summed E-state index contributed by atoms with van der Waals surface area (Å²) in [4.78, 5) is 0. The van der Waals surface area contributed by atoms with E-state index in [4.69, 9.17) is 37.0 Å². The van der Waals surface area contributed by atoms with Crippen LogP contribution in [-0.2, 0) is 37.0 Å². The predicted molar refractivity (Wildman–Crippen MR) is 248 cm³/mol. The minimum Gasteiger partial charge on any atom is -0.410 e. The van der Waals surface area contributed by atoms with Crippen molar-refractivity contribution in [2.45, 2.75) is 117 Å². The van der Waals surface area contributed by atoms with E-state index >= 15 is 0 Å². The standard InChI is InChI=1S/C15H30O3Si3.C12H24O3Si3.C9H18O3Si3/c1-10-19(13(4)5)16-20(11-2,14(6)7)18-21(12-3,17-19)15(8)9;1-7-16(8-2)13-17(9-3,10-4)15-18(11-5,12-6)14-16;1-7-13(4)10-14(5,8-2)12-15(6,9-3)11-13/h10-15H,1-3H2,4-9H3;7,9,11H,1,3,5,8,10,12H2,2,4,6H3;7-9H,1-3H2,4-6H3. The largest absolute Gasteiger partial charge is 0.410 e. The second-order valence-electron chi connectivity index (χ2n) is 14.9. The number of hydrogen-bond donors (Lipinski definition) is 0. The van der Waals surface area contributed by atoms with Crippen LogP contribution in [0.5, 0.6) is 0 Å². The summed E-state index contributed by atoms with van der Waals surface area (Å²) in [6, 6.07) is 2.56. The molecular weight excluding hydrogens is 829 g/mol. The Labute approximate surface area is 339 Å². The highest BCUT2D eigenvalue weighted by Crippen LogP contribution is 2.46. The van der Waals surface area contributed by atoms with Gasteiger partial charge in [-0.2, -0.15) is 0 Å². The molecule has 0 aromatic heterocycles. The van der Waals surface area contributed by atoms with Crippen LogP contribution < -0.4 is 0 Å². The normalized spacial score (nSPS) is 40.5. The van der Waals surface area contributed by atoms with Crippen LogP contribution in [-0.4, -0.2) is 77.0 Å². The van der Waals surface area contributed by atoms with Gasteiger partial charge in [0, 0.05) is 0 Å². The van der Waals surface area contributed by atoms with Crippen molar-refractivity contribution in [2.24, 2.45) is 0 Å². The van der Waals surface area contributed by atoms with Gasteiger partial charge in [0.2, 0.25) is 0 Å². The molecule has 0 aliphatic carbocycles. The van der Waals surface area contributed by atoms with Gasteiger partial charge in [0.25, 0.3) is 0 Å². The van der Waals surface area contributed by atoms with Crippen molar-refractivity contribution >= 4 is 77.0 Å². The molecule has 3 aliphatic rings. The molecule has 0 N–H and O–H groups in total. The average molecular weight is 902 g/mol. The zero-order valence-corrected chi connectivity index (χ0v) is 44.6. The van der Waals surface area contributed by atoms with Gasteiger partial charge in [-0.25, -0.2) is 0 Å². The van der Waals surface area contributed by atoms with Gasteiger partial charge in [0.15, 0.2) is 0 Å². The van der Waals surface area contributed by atoms with Gasteiger partial charge in [-0.1, -0.05) is 114 Å². The van der Waals surface area contributed by atoms with Crippen LogP contribution in [0, 0.1) is 0 Å². The van der Waals surface area contributed by atoms with E-state index in [1.54, 1.807) is 17.1 Å². The molecule has 9 nitrogen and oxygen atoms in total. The molecule has 3 saturated heterocycles. The average Bonchev–Trinajstić information content (AvgIpc) is 3.16. The molecule has 0 radical (unpaired) electrons. The molecule has 3 heterocycles. The van der Waals surface area contributed by atoms with E-state index in [-0.39, 0.29) is 16.6 Å². The second kappa shape index (κ2) is 19.8. The molecular formula is C36H72O9Si9. The lowest BCUT2D eigenvalue weighted by atomic mass is 10.6. The highest BCUT2D eigenvalue weighted by Gasteiger charge is 2.63. The van der Waals surface area contributed by atoms with Crippen molar-refractivity contribution in [3.63, 3.8) is 0 Å². The summed E-state index contributed by atoms with van der Waals surface area (Å²) in [5.74, 6) is 0. The summed E-state index contributed by atoms with van der Waals surface area (Å²) in [5, 5.41) is 0. The van der Waals surface area contributed by atoms with Gasteiger partial charge < -0.3 is 37.0 Å². The first-order chi connectivity index (χ1) is 24.9. The van der Waals surface area contributed by atoms with Crippen molar-refractivity contribution < 1.29 is 37.0 Å². The first-order valence-corrected chi connectivity index (χ1v) is 38.4. The fraction of sp³-hybridized carbons (Fsp3) is 0.500. The summed E-state index contributed by atoms with van der Waals surface area (Å²) in [6.07, 6.45) is 0. The van der Waals surface area contributed by atoms with Gasteiger partial charge in [0.05, 0.1) is 0 Å². The van der Waals surface area contributed by atoms with E-state index in [9.17, 15) is 0 Å². The van der Waals surface area contributed by atoms with Crippen LogP contribution >= 0.6 is 0 Å². The van der Waals surface area contributed by atoms with E-state index in [1.165, 1.54) is 0 Å². The maximum absolute atomic E-state index is 6.57. The summed E-state index contributed by atoms with van der Waals surface area (Å²) >= 11 is 0. The third-order valence-electron chi connectivity index (χ3n) is 10.0. The fourth-order valence-electron chi connectivity index (χ4n) is 6.05. The highest BCUT2D eigenvalue weighted by atomic mass is 28.5. The van der Waals surface area contributed by atoms with E-state index < -0.39 is 77.0 Å². The first-order valence-electron chi connectivity index (χ1n) is 19.0. The third kappa shape index (κ3) is 11.3. The van der Waals surface area contributed by atoms with E-state index in [2.05, 4.69) is 122 Å². The predicted octanol–water partition coefficient (Wildman–Crippen LogP) is 10.8. The Morgan fingerprint density at radius 3 is 0.648 bits per heavy atom. The molecule has 0 atom stereocenters. The molecule has 0 spiro atoms. The van der Waals surface area contributed by atoms with Crippen LogP contribution in [0.4, 0.5) is 0 Å². The molecule has 0 amide bonds. The lowest BCUT2D eigenvalue weighted by Crippen LogP contribution is -2.71. The summed E-state index contributed by atoms with van der Waals surface area (Å²) < 4.78 is 56.5. The maximum Gasteiger partial charge on any atom is 0.349 e. The minimum atomic E-state index is -2.55. The third-order valence-corrected chi connectivity index (χ3v) is 49.3. The molecule has 0 aromatic rings. The Morgan fingerprint density at radius 1 is 0.333 bits per heavy atom. The highest BCUT2D eigenvalue weighted by molar-refractivity contribution is 7.01. The number of hydrogen-bond acceptors (Lipinski definition) is 9. The summed E-state index contributed by atoms with van der Waals surface area (Å²) in [7, 11) is -21.7. The Kier molecular flexibility index (Phi) is 18.8. The quantitative estimate of drug-likeness (QED) is 0.149. The van der Waals surface area contributed by atoms with Crippen LogP contribution in [0.3, 0.4) is 0 Å². The molecule has 18 heteroatoms. The Hall–Kier alpha value is -0.748. The molecule has 0 unspecified atom stereocenters. The van der Waals surface area contributed by atoms with Gasteiger partial charge in [-0.3, -0.25) is 0 Å². The zero-order valence-electron chi connectivity index (χ0n) is 35.6. The monoisotopic (exact) mass is 900 g/mol. The van der Waals surface area contributed by atoms with Crippen LogP contribution in [0.15, 0.2) is 111 Å². The molecule has 54 heavy (non-hydrogen) atoms. The molecule has 3 fully saturated rings.